The average molecular weight is 338 g/mol. The molecule has 0 N–H and O–H groups in total. The lowest BCUT2D eigenvalue weighted by molar-refractivity contribution is -0.125. The number of hydrogen-bond donors (Lipinski definition) is 0. The van der Waals surface area contributed by atoms with Gasteiger partial charge in [-0.25, -0.2) is 0 Å². The number of carbonyl (C=O) groups excluding carboxylic acids is 1. The molecule has 1 atom stereocenters. The molecule has 4 heteroatoms. The van der Waals surface area contributed by atoms with E-state index >= 15 is 0 Å². The monoisotopic (exact) mass is 336 g/mol. The Labute approximate surface area is 121 Å². The van der Waals surface area contributed by atoms with Gasteiger partial charge in [0, 0.05) is 5.41 Å². The quantitative estimate of drug-likeness (QED) is 0.716. The molecule has 0 aliphatic rings. The second-order valence-electron chi connectivity index (χ2n) is 5.00. The van der Waals surface area contributed by atoms with E-state index in [0.29, 0.717) is 16.5 Å². The number of halogens is 3. The summed E-state index contributed by atoms with van der Waals surface area (Å²) in [6.45, 7) is 5.72. The maximum Gasteiger partial charge on any atom is 0.152 e. The third-order valence-corrected chi connectivity index (χ3v) is 4.05. The van der Waals surface area contributed by atoms with Crippen LogP contribution in [0.1, 0.15) is 26.3 Å². The average Bonchev–Trinajstić information content (AvgIpc) is 2.22. The van der Waals surface area contributed by atoms with Crippen LogP contribution in [0.15, 0.2) is 18.2 Å². The van der Waals surface area contributed by atoms with Gasteiger partial charge in [0.2, 0.25) is 0 Å². The van der Waals surface area contributed by atoms with Crippen molar-refractivity contribution in [1.29, 1.82) is 0 Å². The second-order valence-corrected chi connectivity index (χ2v) is 6.89. The van der Waals surface area contributed by atoms with Crippen LogP contribution in [0.5, 0.6) is 0 Å². The Morgan fingerprint density at radius 3 is 2.47 bits per heavy atom. The Hall–Kier alpha value is -0.0500. The summed E-state index contributed by atoms with van der Waals surface area (Å²) in [4.78, 5) is 11.8. The fourth-order valence-corrected chi connectivity index (χ4v) is 2.89. The van der Waals surface area contributed by atoms with Crippen LogP contribution >= 0.6 is 39.1 Å². The predicted molar refractivity (Wildman–Crippen MR) is 77.3 cm³/mol. The molecule has 0 heterocycles. The van der Waals surface area contributed by atoms with Gasteiger partial charge in [-0.3, -0.25) is 4.79 Å². The number of benzene rings is 1. The van der Waals surface area contributed by atoms with Crippen molar-refractivity contribution in [3.05, 3.63) is 33.8 Å². The Bertz CT molecular complexity index is 424. The topological polar surface area (TPSA) is 17.1 Å². The van der Waals surface area contributed by atoms with E-state index in [9.17, 15) is 4.79 Å². The van der Waals surface area contributed by atoms with Gasteiger partial charge in [0.05, 0.1) is 14.9 Å². The van der Waals surface area contributed by atoms with Crippen molar-refractivity contribution in [1.82, 2.24) is 0 Å². The molecule has 1 aromatic carbocycles. The molecular weight excluding hydrogens is 323 g/mol. The summed E-state index contributed by atoms with van der Waals surface area (Å²) in [5.41, 5.74) is 0.526. The van der Waals surface area contributed by atoms with Crippen LogP contribution < -0.4 is 0 Å². The van der Waals surface area contributed by atoms with E-state index in [4.69, 9.17) is 23.2 Å². The van der Waals surface area contributed by atoms with Crippen LogP contribution in [0, 0.1) is 5.41 Å². The van der Waals surface area contributed by atoms with Gasteiger partial charge < -0.3 is 0 Å². The molecule has 0 bridgehead atoms. The molecule has 1 rings (SSSR count). The smallest absolute Gasteiger partial charge is 0.152 e. The fourth-order valence-electron chi connectivity index (χ4n) is 1.46. The highest BCUT2D eigenvalue weighted by molar-refractivity contribution is 9.10. The van der Waals surface area contributed by atoms with E-state index in [1.165, 1.54) is 0 Å². The predicted octanol–water partition coefficient (Wildman–Crippen LogP) is 4.91. The van der Waals surface area contributed by atoms with Crippen molar-refractivity contribution in [2.24, 2.45) is 5.41 Å². The number of Topliss-reactive ketones (excluding diaryl/α,β-unsaturated/α-hetero) is 1. The lowest BCUT2D eigenvalue weighted by Gasteiger charge is -2.21. The third-order valence-electron chi connectivity index (χ3n) is 2.45. The van der Waals surface area contributed by atoms with E-state index < -0.39 is 0 Å². The molecule has 1 aromatic rings. The molecule has 1 nitrogen and oxygen atoms in total. The van der Waals surface area contributed by atoms with Crippen molar-refractivity contribution < 1.29 is 4.79 Å². The van der Waals surface area contributed by atoms with Crippen LogP contribution in [0.25, 0.3) is 0 Å². The summed E-state index contributed by atoms with van der Waals surface area (Å²) in [6.07, 6.45) is 0.551. The molecule has 94 valence electrons. The molecule has 0 saturated carbocycles. The molecule has 0 fully saturated rings. The van der Waals surface area contributed by atoms with Crippen LogP contribution in [-0.2, 0) is 11.2 Å². The fraction of sp³-hybridized carbons (Fsp3) is 0.462. The van der Waals surface area contributed by atoms with Gasteiger partial charge in [0.1, 0.15) is 0 Å². The Kier molecular flexibility index (Phi) is 5.06. The summed E-state index contributed by atoms with van der Waals surface area (Å²) >= 11 is 15.4. The zero-order valence-corrected chi connectivity index (χ0v) is 13.2. The van der Waals surface area contributed by atoms with Gasteiger partial charge in [0.15, 0.2) is 5.78 Å². The molecule has 0 radical (unpaired) electrons. The van der Waals surface area contributed by atoms with Gasteiger partial charge >= 0.3 is 0 Å². The maximum absolute atomic E-state index is 12.0. The first-order chi connectivity index (χ1) is 7.73. The number of hydrogen-bond acceptors (Lipinski definition) is 1. The first-order valence-electron chi connectivity index (χ1n) is 5.34. The number of rotatable bonds is 3. The minimum absolute atomic E-state index is 0.161. The first kappa shape index (κ1) is 15.0. The van der Waals surface area contributed by atoms with Crippen molar-refractivity contribution in [3.8, 4) is 0 Å². The molecular formula is C13H15BrCl2O. The minimum atomic E-state index is -0.362. The molecule has 0 saturated heterocycles. The van der Waals surface area contributed by atoms with Crippen LogP contribution in [0.2, 0.25) is 10.0 Å². The first-order valence-corrected chi connectivity index (χ1v) is 7.02. The molecule has 0 aliphatic heterocycles. The van der Waals surface area contributed by atoms with Crippen molar-refractivity contribution in [2.45, 2.75) is 32.0 Å². The lowest BCUT2D eigenvalue weighted by atomic mass is 9.87. The Morgan fingerprint density at radius 1 is 1.35 bits per heavy atom. The Morgan fingerprint density at radius 2 is 1.94 bits per heavy atom. The molecule has 0 aromatic heterocycles. The number of carbonyl (C=O) groups is 1. The molecule has 0 spiro atoms. The highest BCUT2D eigenvalue weighted by Gasteiger charge is 2.28. The maximum atomic E-state index is 12.0. The number of ketones is 1. The summed E-state index contributed by atoms with van der Waals surface area (Å²) in [5.74, 6) is 0.161. The summed E-state index contributed by atoms with van der Waals surface area (Å²) in [5, 5.41) is 1.05. The van der Waals surface area contributed by atoms with Crippen LogP contribution in [0.3, 0.4) is 0 Å². The summed E-state index contributed by atoms with van der Waals surface area (Å²) in [7, 11) is 0. The third kappa shape index (κ3) is 3.97. The molecule has 1 unspecified atom stereocenters. The molecule has 0 amide bonds. The minimum Gasteiger partial charge on any atom is -0.298 e. The largest absolute Gasteiger partial charge is 0.298 e. The number of alkyl halides is 1. The van der Waals surface area contributed by atoms with Crippen molar-refractivity contribution >= 4 is 44.9 Å². The van der Waals surface area contributed by atoms with E-state index in [-0.39, 0.29) is 16.0 Å². The van der Waals surface area contributed by atoms with Crippen molar-refractivity contribution in [3.63, 3.8) is 0 Å². The summed E-state index contributed by atoms with van der Waals surface area (Å²) < 4.78 is 0. The van der Waals surface area contributed by atoms with E-state index in [0.717, 1.165) is 5.56 Å². The van der Waals surface area contributed by atoms with E-state index in [1.54, 1.807) is 6.07 Å². The highest BCUT2D eigenvalue weighted by atomic mass is 79.9. The standard InChI is InChI=1S/C13H15BrCl2O/c1-13(2,3)12(17)9(14)7-8-5-4-6-10(15)11(8)16/h4-6,9H,7H2,1-3H3. The Balaban J connectivity index is 2.85. The van der Waals surface area contributed by atoms with E-state index in [2.05, 4.69) is 15.9 Å². The van der Waals surface area contributed by atoms with Gasteiger partial charge in [0.25, 0.3) is 0 Å². The zero-order chi connectivity index (χ0) is 13.2. The molecule has 0 aliphatic carbocycles. The molecule has 17 heavy (non-hydrogen) atoms. The van der Waals surface area contributed by atoms with Gasteiger partial charge in [-0.1, -0.05) is 72.0 Å². The lowest BCUT2D eigenvalue weighted by Crippen LogP contribution is -2.30. The summed E-state index contributed by atoms with van der Waals surface area (Å²) in [6, 6.07) is 5.46. The van der Waals surface area contributed by atoms with Gasteiger partial charge in [-0.05, 0) is 18.1 Å². The van der Waals surface area contributed by atoms with Crippen molar-refractivity contribution in [2.75, 3.05) is 0 Å². The van der Waals surface area contributed by atoms with Gasteiger partial charge in [-0.15, -0.1) is 0 Å². The second kappa shape index (κ2) is 5.73. The highest BCUT2D eigenvalue weighted by Crippen LogP contribution is 2.29. The van der Waals surface area contributed by atoms with Gasteiger partial charge in [-0.2, -0.15) is 0 Å². The normalized spacial score (nSPS) is 13.5. The van der Waals surface area contributed by atoms with Crippen LogP contribution in [0.4, 0.5) is 0 Å². The zero-order valence-electron chi connectivity index (χ0n) is 10.1. The van der Waals surface area contributed by atoms with Crippen LogP contribution in [-0.4, -0.2) is 10.6 Å². The SMILES string of the molecule is CC(C)(C)C(=O)C(Br)Cc1cccc(Cl)c1Cl. The van der Waals surface area contributed by atoms with E-state index in [1.807, 2.05) is 32.9 Å².